The van der Waals surface area contributed by atoms with Gasteiger partial charge in [-0.2, -0.15) is 0 Å². The number of aliphatic hydroxyl groups excluding tert-OH is 1. The summed E-state index contributed by atoms with van der Waals surface area (Å²) in [4.78, 5) is 26.7. The third-order valence-corrected chi connectivity index (χ3v) is 7.74. The molecule has 1 saturated heterocycles. The molecule has 2 aromatic carbocycles. The quantitative estimate of drug-likeness (QED) is 0.403. The van der Waals surface area contributed by atoms with E-state index in [0.717, 1.165) is 63.7 Å². The number of carbonyl (C=O) groups is 2. The van der Waals surface area contributed by atoms with Crippen LogP contribution < -0.4 is 0 Å². The fraction of sp³-hybridized carbons (Fsp3) is 0.481. The standard InChI is InChI=1S/C23H29ClN2O2S.C4H6O4/c24-19-6-7-22-18(16-19)17-21(20-4-1-2-5-23(20)29-22)28-15-13-26-11-9-25(10-12-26)8-3-14-27;5-3(6)1-2-4(7)8/h1-2,4-7,16,21,27H,3,8-15,17H2;1-2H2,(H,5,6)(H,7,8). The van der Waals surface area contributed by atoms with Gasteiger partial charge >= 0.3 is 11.9 Å². The molecular weight excluding hydrogens is 516 g/mol. The van der Waals surface area contributed by atoms with E-state index in [4.69, 9.17) is 31.7 Å². The van der Waals surface area contributed by atoms with Gasteiger partial charge in [0.1, 0.15) is 0 Å². The summed E-state index contributed by atoms with van der Waals surface area (Å²) in [5, 5.41) is 25.6. The van der Waals surface area contributed by atoms with Crippen LogP contribution in [-0.4, -0.2) is 89.5 Å². The average Bonchev–Trinajstić information content (AvgIpc) is 3.03. The van der Waals surface area contributed by atoms with Crippen molar-refractivity contribution in [2.24, 2.45) is 0 Å². The van der Waals surface area contributed by atoms with E-state index >= 15 is 0 Å². The number of fused-ring (bicyclic) bond motifs is 2. The minimum atomic E-state index is -1.08. The molecule has 2 aliphatic heterocycles. The number of carboxylic acid groups (broad SMARTS) is 2. The summed E-state index contributed by atoms with van der Waals surface area (Å²) in [6, 6.07) is 14.8. The van der Waals surface area contributed by atoms with Gasteiger partial charge in [0.15, 0.2) is 0 Å². The Morgan fingerprint density at radius 3 is 2.24 bits per heavy atom. The average molecular weight is 551 g/mol. The second kappa shape index (κ2) is 15.3. The first-order chi connectivity index (χ1) is 17.9. The fourth-order valence-corrected chi connectivity index (χ4v) is 5.60. The molecule has 2 aromatic rings. The molecule has 2 heterocycles. The summed E-state index contributed by atoms with van der Waals surface area (Å²) in [7, 11) is 0. The van der Waals surface area contributed by atoms with Gasteiger partial charge in [-0.1, -0.05) is 41.6 Å². The lowest BCUT2D eigenvalue weighted by atomic mass is 10.0. The Kier molecular flexibility index (Phi) is 12.2. The van der Waals surface area contributed by atoms with Crippen molar-refractivity contribution >= 4 is 35.3 Å². The number of hydrogen-bond acceptors (Lipinski definition) is 7. The molecule has 1 fully saturated rings. The first-order valence-electron chi connectivity index (χ1n) is 12.5. The summed E-state index contributed by atoms with van der Waals surface area (Å²) in [6.07, 6.45) is 1.19. The number of halogens is 1. The Morgan fingerprint density at radius 2 is 1.59 bits per heavy atom. The van der Waals surface area contributed by atoms with Crippen LogP contribution in [0.4, 0.5) is 0 Å². The normalized spacial score (nSPS) is 17.6. The Morgan fingerprint density at radius 1 is 0.946 bits per heavy atom. The smallest absolute Gasteiger partial charge is 0.303 e. The highest BCUT2D eigenvalue weighted by Gasteiger charge is 2.24. The lowest BCUT2D eigenvalue weighted by molar-refractivity contribution is -0.143. The molecular formula is C27H35ClN2O6S. The van der Waals surface area contributed by atoms with Crippen LogP contribution >= 0.6 is 23.4 Å². The summed E-state index contributed by atoms with van der Waals surface area (Å²) in [6.45, 7) is 7.28. The van der Waals surface area contributed by atoms with Crippen molar-refractivity contribution in [1.29, 1.82) is 0 Å². The van der Waals surface area contributed by atoms with E-state index in [1.807, 2.05) is 17.8 Å². The van der Waals surface area contributed by atoms with Crippen LogP contribution in [0.3, 0.4) is 0 Å². The Hall–Kier alpha value is -2.14. The summed E-state index contributed by atoms with van der Waals surface area (Å²) < 4.78 is 6.44. The SMILES string of the molecule is O=C(O)CCC(=O)O.OCCCN1CCN(CCOC2Cc3cc(Cl)ccc3Sc3ccccc32)CC1. The predicted molar refractivity (Wildman–Crippen MR) is 144 cm³/mol. The van der Waals surface area contributed by atoms with E-state index in [2.05, 4.69) is 46.2 Å². The zero-order valence-corrected chi connectivity index (χ0v) is 22.4. The minimum Gasteiger partial charge on any atom is -0.481 e. The van der Waals surface area contributed by atoms with Gasteiger partial charge in [0.2, 0.25) is 0 Å². The molecule has 8 nitrogen and oxygen atoms in total. The number of nitrogens with zero attached hydrogens (tertiary/aromatic N) is 2. The van der Waals surface area contributed by atoms with Crippen LogP contribution in [0.15, 0.2) is 52.3 Å². The van der Waals surface area contributed by atoms with Crippen LogP contribution in [0.1, 0.15) is 36.5 Å². The first kappa shape index (κ1) is 29.4. The molecule has 1 atom stereocenters. The van der Waals surface area contributed by atoms with Gasteiger partial charge in [-0.15, -0.1) is 0 Å². The van der Waals surface area contributed by atoms with Crippen molar-refractivity contribution in [3.63, 3.8) is 0 Å². The molecule has 0 radical (unpaired) electrons. The van der Waals surface area contributed by atoms with Gasteiger partial charge < -0.3 is 25.0 Å². The van der Waals surface area contributed by atoms with Crippen LogP contribution in [-0.2, 0) is 20.7 Å². The maximum absolute atomic E-state index is 9.64. The Labute approximate surface area is 227 Å². The topological polar surface area (TPSA) is 111 Å². The third-order valence-electron chi connectivity index (χ3n) is 6.29. The van der Waals surface area contributed by atoms with Gasteiger partial charge in [0, 0.05) is 67.1 Å². The van der Waals surface area contributed by atoms with Gasteiger partial charge in [-0.25, -0.2) is 0 Å². The second-order valence-corrected chi connectivity index (χ2v) is 10.5. The summed E-state index contributed by atoms with van der Waals surface area (Å²) in [5.74, 6) is -2.15. The van der Waals surface area contributed by atoms with E-state index in [9.17, 15) is 9.59 Å². The van der Waals surface area contributed by atoms with Crippen LogP contribution in [0.5, 0.6) is 0 Å². The largest absolute Gasteiger partial charge is 0.481 e. The van der Waals surface area contributed by atoms with Gasteiger partial charge in [-0.3, -0.25) is 14.5 Å². The highest BCUT2D eigenvalue weighted by molar-refractivity contribution is 7.99. The highest BCUT2D eigenvalue weighted by atomic mass is 35.5. The highest BCUT2D eigenvalue weighted by Crippen LogP contribution is 2.42. The lowest BCUT2D eigenvalue weighted by Gasteiger charge is -2.34. The monoisotopic (exact) mass is 550 g/mol. The lowest BCUT2D eigenvalue weighted by Crippen LogP contribution is -2.47. The molecule has 37 heavy (non-hydrogen) atoms. The van der Waals surface area contributed by atoms with E-state index in [0.29, 0.717) is 0 Å². The molecule has 3 N–H and O–H groups in total. The number of aliphatic carboxylic acids is 2. The number of hydrogen-bond donors (Lipinski definition) is 3. The van der Waals surface area contributed by atoms with Crippen molar-refractivity contribution in [1.82, 2.24) is 9.80 Å². The van der Waals surface area contributed by atoms with Crippen molar-refractivity contribution in [2.75, 3.05) is 52.5 Å². The van der Waals surface area contributed by atoms with Crippen molar-refractivity contribution in [2.45, 2.75) is 41.6 Å². The Bertz CT molecular complexity index is 1020. The number of benzene rings is 2. The van der Waals surface area contributed by atoms with E-state index in [1.54, 1.807) is 0 Å². The molecule has 2 aliphatic rings. The molecule has 0 aliphatic carbocycles. The van der Waals surface area contributed by atoms with Crippen molar-refractivity contribution < 1.29 is 29.6 Å². The van der Waals surface area contributed by atoms with E-state index < -0.39 is 11.9 Å². The number of aliphatic hydroxyl groups is 1. The zero-order chi connectivity index (χ0) is 26.6. The molecule has 0 amide bonds. The molecule has 0 spiro atoms. The first-order valence-corrected chi connectivity index (χ1v) is 13.7. The number of ether oxygens (including phenoxy) is 1. The number of piperazine rings is 1. The van der Waals surface area contributed by atoms with Crippen LogP contribution in [0.2, 0.25) is 5.02 Å². The van der Waals surface area contributed by atoms with E-state index in [1.165, 1.54) is 20.9 Å². The zero-order valence-electron chi connectivity index (χ0n) is 20.9. The van der Waals surface area contributed by atoms with Crippen molar-refractivity contribution in [3.8, 4) is 0 Å². The fourth-order valence-electron chi connectivity index (χ4n) is 4.29. The molecule has 10 heteroatoms. The Balaban J connectivity index is 0.000000414. The summed E-state index contributed by atoms with van der Waals surface area (Å²) in [5.41, 5.74) is 2.54. The van der Waals surface area contributed by atoms with Gasteiger partial charge in [0.25, 0.3) is 0 Å². The van der Waals surface area contributed by atoms with Gasteiger partial charge in [0.05, 0.1) is 25.6 Å². The third kappa shape index (κ3) is 9.92. The molecule has 1 unspecified atom stereocenters. The molecule has 0 aromatic heterocycles. The molecule has 202 valence electrons. The number of carboxylic acids is 2. The predicted octanol–water partition coefficient (Wildman–Crippen LogP) is 4.04. The van der Waals surface area contributed by atoms with Gasteiger partial charge in [-0.05, 0) is 41.8 Å². The van der Waals surface area contributed by atoms with E-state index in [-0.39, 0.29) is 25.6 Å². The van der Waals surface area contributed by atoms with Crippen molar-refractivity contribution in [3.05, 3.63) is 58.6 Å². The molecule has 0 bridgehead atoms. The maximum atomic E-state index is 9.64. The molecule has 4 rings (SSSR count). The van der Waals surface area contributed by atoms with Crippen LogP contribution in [0, 0.1) is 0 Å². The summed E-state index contributed by atoms with van der Waals surface area (Å²) >= 11 is 8.08. The minimum absolute atomic E-state index is 0.0595. The maximum Gasteiger partial charge on any atom is 0.303 e. The molecule has 0 saturated carbocycles. The number of rotatable bonds is 10. The van der Waals surface area contributed by atoms with Crippen LogP contribution in [0.25, 0.3) is 0 Å². The second-order valence-electron chi connectivity index (χ2n) is 9.00.